The first kappa shape index (κ1) is 8.68. The smallest absolute Gasteiger partial charge is 0.155 e. The Morgan fingerprint density at radius 1 is 1.57 bits per heavy atom. The fourth-order valence-corrected chi connectivity index (χ4v) is 1.24. The van der Waals surface area contributed by atoms with Crippen LogP contribution in [-0.2, 0) is 6.42 Å². The number of aryl methyl sites for hydroxylation is 1. The molecular weight excluding hydrogens is 178 g/mol. The largest absolute Gasteiger partial charge is 0.384 e. The van der Waals surface area contributed by atoms with E-state index in [2.05, 4.69) is 10.1 Å². The van der Waals surface area contributed by atoms with Crippen molar-refractivity contribution in [3.05, 3.63) is 29.7 Å². The molecule has 0 aromatic carbocycles. The Morgan fingerprint density at radius 3 is 3.00 bits per heavy atom. The van der Waals surface area contributed by atoms with Crippen molar-refractivity contribution in [2.75, 3.05) is 0 Å². The Hall–Kier alpha value is -1.91. The van der Waals surface area contributed by atoms with Crippen molar-refractivity contribution >= 4 is 11.5 Å². The van der Waals surface area contributed by atoms with Crippen LogP contribution in [0.1, 0.15) is 18.3 Å². The van der Waals surface area contributed by atoms with Crippen molar-refractivity contribution in [1.82, 2.24) is 14.6 Å². The van der Waals surface area contributed by atoms with E-state index < -0.39 is 0 Å². The Kier molecular flexibility index (Phi) is 1.92. The van der Waals surface area contributed by atoms with Gasteiger partial charge in [0.15, 0.2) is 11.5 Å². The standard InChI is InChI=1S/C9H11N5/c1-2-7-12-8-4-3-6(9(10)11)5-14(8)13-7/h3-5H,2H2,1H3,(H3,10,11). The molecule has 0 spiro atoms. The van der Waals surface area contributed by atoms with E-state index in [0.717, 1.165) is 17.9 Å². The minimum Gasteiger partial charge on any atom is -0.384 e. The van der Waals surface area contributed by atoms with Gasteiger partial charge in [-0.2, -0.15) is 5.10 Å². The lowest BCUT2D eigenvalue weighted by molar-refractivity contribution is 0.884. The average Bonchev–Trinajstić information content (AvgIpc) is 2.58. The highest BCUT2D eigenvalue weighted by atomic mass is 15.3. The topological polar surface area (TPSA) is 80.1 Å². The average molecular weight is 189 g/mol. The third kappa shape index (κ3) is 1.32. The number of nitrogens with zero attached hydrogens (tertiary/aromatic N) is 3. The van der Waals surface area contributed by atoms with E-state index >= 15 is 0 Å². The van der Waals surface area contributed by atoms with E-state index in [0.29, 0.717) is 5.56 Å². The van der Waals surface area contributed by atoms with Gasteiger partial charge in [0.1, 0.15) is 5.84 Å². The minimum absolute atomic E-state index is 0.0421. The molecule has 2 aromatic rings. The zero-order valence-electron chi connectivity index (χ0n) is 7.86. The van der Waals surface area contributed by atoms with Crippen LogP contribution in [0.15, 0.2) is 18.3 Å². The minimum atomic E-state index is 0.0421. The van der Waals surface area contributed by atoms with Crippen LogP contribution in [0.2, 0.25) is 0 Å². The fraction of sp³-hybridized carbons (Fsp3) is 0.222. The van der Waals surface area contributed by atoms with Gasteiger partial charge in [-0.3, -0.25) is 5.41 Å². The van der Waals surface area contributed by atoms with Crippen molar-refractivity contribution in [3.63, 3.8) is 0 Å². The fourth-order valence-electron chi connectivity index (χ4n) is 1.24. The molecule has 0 fully saturated rings. The van der Waals surface area contributed by atoms with Crippen LogP contribution in [0.4, 0.5) is 0 Å². The number of nitrogens with one attached hydrogen (secondary N) is 1. The lowest BCUT2D eigenvalue weighted by atomic mass is 10.3. The van der Waals surface area contributed by atoms with Crippen LogP contribution in [0.25, 0.3) is 5.65 Å². The van der Waals surface area contributed by atoms with Crippen LogP contribution in [0, 0.1) is 5.41 Å². The summed E-state index contributed by atoms with van der Waals surface area (Å²) in [5.41, 5.74) is 6.81. The van der Waals surface area contributed by atoms with Gasteiger partial charge in [-0.1, -0.05) is 6.92 Å². The first-order valence-electron chi connectivity index (χ1n) is 4.40. The highest BCUT2D eigenvalue weighted by Gasteiger charge is 2.03. The Labute approximate surface area is 81.1 Å². The SMILES string of the molecule is CCc1nc2ccc(C(=N)N)cn2n1. The summed E-state index contributed by atoms with van der Waals surface area (Å²) in [6.45, 7) is 2.00. The van der Waals surface area contributed by atoms with Crippen LogP contribution in [0.5, 0.6) is 0 Å². The number of nitrogens with two attached hydrogens (primary N) is 1. The Bertz CT molecular complexity index is 485. The highest BCUT2D eigenvalue weighted by Crippen LogP contribution is 2.04. The summed E-state index contributed by atoms with van der Waals surface area (Å²) < 4.78 is 1.65. The lowest BCUT2D eigenvalue weighted by Gasteiger charge is -1.97. The molecule has 14 heavy (non-hydrogen) atoms. The number of hydrogen-bond acceptors (Lipinski definition) is 3. The summed E-state index contributed by atoms with van der Waals surface area (Å²) >= 11 is 0. The van der Waals surface area contributed by atoms with Gasteiger partial charge in [-0.15, -0.1) is 0 Å². The van der Waals surface area contributed by atoms with Gasteiger partial charge in [0.05, 0.1) is 0 Å². The first-order valence-corrected chi connectivity index (χ1v) is 4.40. The predicted octanol–water partition coefficient (Wildman–Crippen LogP) is 0.576. The zero-order chi connectivity index (χ0) is 10.1. The molecule has 72 valence electrons. The molecular formula is C9H11N5. The number of pyridine rings is 1. The summed E-state index contributed by atoms with van der Waals surface area (Å²) in [6.07, 6.45) is 2.51. The monoisotopic (exact) mass is 189 g/mol. The maximum absolute atomic E-state index is 7.28. The molecule has 0 aliphatic heterocycles. The number of nitrogen functional groups attached to an aromatic ring is 1. The van der Waals surface area contributed by atoms with Gasteiger partial charge in [0.25, 0.3) is 0 Å². The lowest BCUT2D eigenvalue weighted by Crippen LogP contribution is -2.11. The highest BCUT2D eigenvalue weighted by molar-refractivity contribution is 5.94. The maximum atomic E-state index is 7.28. The van der Waals surface area contributed by atoms with Crippen LogP contribution >= 0.6 is 0 Å². The summed E-state index contributed by atoms with van der Waals surface area (Å²) in [4.78, 5) is 4.27. The number of aromatic nitrogens is 3. The zero-order valence-corrected chi connectivity index (χ0v) is 7.86. The van der Waals surface area contributed by atoms with Gasteiger partial charge in [0.2, 0.25) is 0 Å². The third-order valence-corrected chi connectivity index (χ3v) is 2.00. The Morgan fingerprint density at radius 2 is 2.36 bits per heavy atom. The predicted molar refractivity (Wildman–Crippen MR) is 53.4 cm³/mol. The molecule has 0 amide bonds. The summed E-state index contributed by atoms with van der Waals surface area (Å²) in [5.74, 6) is 0.839. The second-order valence-electron chi connectivity index (χ2n) is 3.02. The molecule has 0 unspecified atom stereocenters. The molecule has 0 aliphatic rings. The third-order valence-electron chi connectivity index (χ3n) is 2.00. The van der Waals surface area contributed by atoms with E-state index in [9.17, 15) is 0 Å². The van der Waals surface area contributed by atoms with E-state index in [1.165, 1.54) is 0 Å². The van der Waals surface area contributed by atoms with Crippen molar-refractivity contribution in [2.24, 2.45) is 5.73 Å². The van der Waals surface area contributed by atoms with Crippen molar-refractivity contribution in [1.29, 1.82) is 5.41 Å². The molecule has 5 nitrogen and oxygen atoms in total. The molecule has 5 heteroatoms. The number of hydrogen-bond donors (Lipinski definition) is 2. The van der Waals surface area contributed by atoms with Crippen LogP contribution < -0.4 is 5.73 Å². The quantitative estimate of drug-likeness (QED) is 0.535. The van der Waals surface area contributed by atoms with Crippen molar-refractivity contribution < 1.29 is 0 Å². The van der Waals surface area contributed by atoms with Gasteiger partial charge >= 0.3 is 0 Å². The number of amidine groups is 1. The molecule has 0 radical (unpaired) electrons. The van der Waals surface area contributed by atoms with Crippen molar-refractivity contribution in [2.45, 2.75) is 13.3 Å². The summed E-state index contributed by atoms with van der Waals surface area (Å²) in [5, 5.41) is 11.5. The summed E-state index contributed by atoms with van der Waals surface area (Å²) in [7, 11) is 0. The van der Waals surface area contributed by atoms with Gasteiger partial charge in [-0.25, -0.2) is 9.50 Å². The summed E-state index contributed by atoms with van der Waals surface area (Å²) in [6, 6.07) is 3.58. The molecule has 2 heterocycles. The van der Waals surface area contributed by atoms with Crippen LogP contribution in [-0.4, -0.2) is 20.4 Å². The van der Waals surface area contributed by atoms with Gasteiger partial charge in [-0.05, 0) is 12.1 Å². The van der Waals surface area contributed by atoms with Crippen molar-refractivity contribution in [3.8, 4) is 0 Å². The molecule has 0 aliphatic carbocycles. The molecule has 0 saturated carbocycles. The van der Waals surface area contributed by atoms with E-state index in [1.807, 2.05) is 13.0 Å². The number of rotatable bonds is 2. The van der Waals surface area contributed by atoms with E-state index in [4.69, 9.17) is 11.1 Å². The van der Waals surface area contributed by atoms with Crippen LogP contribution in [0.3, 0.4) is 0 Å². The molecule has 2 rings (SSSR count). The number of fused-ring (bicyclic) bond motifs is 1. The molecule has 0 atom stereocenters. The van der Waals surface area contributed by atoms with Gasteiger partial charge < -0.3 is 5.73 Å². The second kappa shape index (κ2) is 3.10. The van der Waals surface area contributed by atoms with Gasteiger partial charge in [0, 0.05) is 18.2 Å². The van der Waals surface area contributed by atoms with E-state index in [-0.39, 0.29) is 5.84 Å². The van der Waals surface area contributed by atoms with E-state index in [1.54, 1.807) is 16.8 Å². The molecule has 2 aromatic heterocycles. The molecule has 3 N–H and O–H groups in total. The molecule has 0 saturated heterocycles. The maximum Gasteiger partial charge on any atom is 0.155 e. The molecule has 0 bridgehead atoms. The Balaban J connectivity index is 2.59. The normalized spacial score (nSPS) is 10.6. The second-order valence-corrected chi connectivity index (χ2v) is 3.02. The first-order chi connectivity index (χ1) is 6.70.